The molecule has 1 aromatic rings. The standard InChI is InChI=1S/C13H23N3O2/c1-4-6-12-14-11(15-18-12)9-16-8-5-7-10(16)13(2,3)17/h10,17H,4-9H2,1-3H3. The van der Waals surface area contributed by atoms with Gasteiger partial charge in [0.25, 0.3) is 0 Å². The number of nitrogens with zero attached hydrogens (tertiary/aromatic N) is 3. The van der Waals surface area contributed by atoms with E-state index in [9.17, 15) is 5.11 Å². The van der Waals surface area contributed by atoms with Gasteiger partial charge in [-0.05, 0) is 39.7 Å². The average Bonchev–Trinajstić information content (AvgIpc) is 2.88. The van der Waals surface area contributed by atoms with Gasteiger partial charge in [0.15, 0.2) is 5.82 Å². The van der Waals surface area contributed by atoms with Crippen molar-refractivity contribution in [3.05, 3.63) is 11.7 Å². The van der Waals surface area contributed by atoms with E-state index in [1.807, 2.05) is 13.8 Å². The Balaban J connectivity index is 1.99. The zero-order valence-electron chi connectivity index (χ0n) is 11.5. The third kappa shape index (κ3) is 3.09. The van der Waals surface area contributed by atoms with Crippen molar-refractivity contribution in [3.63, 3.8) is 0 Å². The maximum absolute atomic E-state index is 10.1. The van der Waals surface area contributed by atoms with Crippen molar-refractivity contribution in [1.82, 2.24) is 15.0 Å². The van der Waals surface area contributed by atoms with Crippen LogP contribution >= 0.6 is 0 Å². The summed E-state index contributed by atoms with van der Waals surface area (Å²) in [5.74, 6) is 1.45. The second-order valence-corrected chi connectivity index (χ2v) is 5.64. The first kappa shape index (κ1) is 13.5. The molecule has 1 unspecified atom stereocenters. The molecule has 1 aliphatic rings. The minimum Gasteiger partial charge on any atom is -0.389 e. The molecule has 102 valence electrons. The maximum Gasteiger partial charge on any atom is 0.226 e. The molecule has 18 heavy (non-hydrogen) atoms. The molecule has 1 N–H and O–H groups in total. The van der Waals surface area contributed by atoms with E-state index in [1.54, 1.807) is 0 Å². The summed E-state index contributed by atoms with van der Waals surface area (Å²) in [5, 5.41) is 14.2. The van der Waals surface area contributed by atoms with Gasteiger partial charge in [-0.3, -0.25) is 4.90 Å². The van der Waals surface area contributed by atoms with Gasteiger partial charge in [-0.2, -0.15) is 4.98 Å². The lowest BCUT2D eigenvalue weighted by atomic mass is 9.97. The van der Waals surface area contributed by atoms with Gasteiger partial charge in [-0.25, -0.2) is 0 Å². The zero-order valence-corrected chi connectivity index (χ0v) is 11.5. The van der Waals surface area contributed by atoms with Crippen LogP contribution in [0.2, 0.25) is 0 Å². The summed E-state index contributed by atoms with van der Waals surface area (Å²) in [6.45, 7) is 7.49. The fourth-order valence-electron chi connectivity index (χ4n) is 2.67. The highest BCUT2D eigenvalue weighted by Crippen LogP contribution is 2.27. The number of hydrogen-bond acceptors (Lipinski definition) is 5. The van der Waals surface area contributed by atoms with Crippen molar-refractivity contribution >= 4 is 0 Å². The lowest BCUT2D eigenvalue weighted by molar-refractivity contribution is -0.00592. The van der Waals surface area contributed by atoms with Crippen molar-refractivity contribution in [2.24, 2.45) is 0 Å². The largest absolute Gasteiger partial charge is 0.389 e. The zero-order chi connectivity index (χ0) is 13.2. The summed E-state index contributed by atoms with van der Waals surface area (Å²) in [6.07, 6.45) is 4.00. The second kappa shape index (κ2) is 5.36. The summed E-state index contributed by atoms with van der Waals surface area (Å²) >= 11 is 0. The van der Waals surface area contributed by atoms with Crippen LogP contribution in [0.5, 0.6) is 0 Å². The number of rotatable bonds is 5. The molecular formula is C13H23N3O2. The first-order valence-electron chi connectivity index (χ1n) is 6.78. The number of aliphatic hydroxyl groups is 1. The van der Waals surface area contributed by atoms with Crippen molar-refractivity contribution in [1.29, 1.82) is 0 Å². The van der Waals surface area contributed by atoms with Crippen molar-refractivity contribution in [3.8, 4) is 0 Å². The molecular weight excluding hydrogens is 230 g/mol. The Morgan fingerprint density at radius 1 is 1.50 bits per heavy atom. The minimum absolute atomic E-state index is 0.186. The van der Waals surface area contributed by atoms with E-state index >= 15 is 0 Å². The van der Waals surface area contributed by atoms with Gasteiger partial charge in [-0.1, -0.05) is 12.1 Å². The number of aryl methyl sites for hydroxylation is 1. The fourth-order valence-corrected chi connectivity index (χ4v) is 2.67. The van der Waals surface area contributed by atoms with Gasteiger partial charge in [0, 0.05) is 12.5 Å². The highest BCUT2D eigenvalue weighted by molar-refractivity contribution is 4.94. The van der Waals surface area contributed by atoms with Gasteiger partial charge in [0.1, 0.15) is 0 Å². The lowest BCUT2D eigenvalue weighted by Crippen LogP contribution is -2.45. The molecule has 1 saturated heterocycles. The first-order valence-corrected chi connectivity index (χ1v) is 6.78. The predicted molar refractivity (Wildman–Crippen MR) is 68.0 cm³/mol. The molecule has 0 amide bonds. The predicted octanol–water partition coefficient (Wildman–Crippen LogP) is 1.76. The Bertz CT molecular complexity index is 384. The Morgan fingerprint density at radius 2 is 2.28 bits per heavy atom. The fraction of sp³-hybridized carbons (Fsp3) is 0.846. The molecule has 5 nitrogen and oxygen atoms in total. The van der Waals surface area contributed by atoms with E-state index in [-0.39, 0.29) is 6.04 Å². The molecule has 0 aromatic carbocycles. The molecule has 2 heterocycles. The Morgan fingerprint density at radius 3 is 2.94 bits per heavy atom. The number of aromatic nitrogens is 2. The van der Waals surface area contributed by atoms with Crippen LogP contribution in [0.25, 0.3) is 0 Å². The van der Waals surface area contributed by atoms with E-state index in [1.165, 1.54) is 0 Å². The molecule has 2 rings (SSSR count). The Kier molecular flexibility index (Phi) is 4.02. The summed E-state index contributed by atoms with van der Waals surface area (Å²) < 4.78 is 5.19. The third-order valence-electron chi connectivity index (χ3n) is 3.50. The van der Waals surface area contributed by atoms with Crippen LogP contribution in [0.3, 0.4) is 0 Å². The number of likely N-dealkylation sites (tertiary alicyclic amines) is 1. The monoisotopic (exact) mass is 253 g/mol. The van der Waals surface area contributed by atoms with Gasteiger partial charge < -0.3 is 9.63 Å². The molecule has 0 bridgehead atoms. The highest BCUT2D eigenvalue weighted by atomic mass is 16.5. The molecule has 1 aromatic heterocycles. The van der Waals surface area contributed by atoms with Crippen LogP contribution in [0.1, 0.15) is 51.7 Å². The molecule has 1 aliphatic heterocycles. The van der Waals surface area contributed by atoms with Crippen molar-refractivity contribution in [2.45, 2.75) is 64.6 Å². The van der Waals surface area contributed by atoms with Crippen molar-refractivity contribution in [2.75, 3.05) is 6.54 Å². The minimum atomic E-state index is -0.674. The van der Waals surface area contributed by atoms with Crippen molar-refractivity contribution < 1.29 is 9.63 Å². The SMILES string of the molecule is CCCc1nc(CN2CCCC2C(C)(C)O)no1. The third-order valence-corrected chi connectivity index (χ3v) is 3.50. The van der Waals surface area contributed by atoms with Gasteiger partial charge in [-0.15, -0.1) is 0 Å². The van der Waals surface area contributed by atoms with Crippen LogP contribution in [0.15, 0.2) is 4.52 Å². The quantitative estimate of drug-likeness (QED) is 0.866. The summed E-state index contributed by atoms with van der Waals surface area (Å²) in [7, 11) is 0. The number of hydrogen-bond donors (Lipinski definition) is 1. The van der Waals surface area contributed by atoms with E-state index in [2.05, 4.69) is 22.0 Å². The van der Waals surface area contributed by atoms with E-state index in [4.69, 9.17) is 4.52 Å². The molecule has 5 heteroatoms. The topological polar surface area (TPSA) is 62.4 Å². The summed E-state index contributed by atoms with van der Waals surface area (Å²) in [6, 6.07) is 0.186. The van der Waals surface area contributed by atoms with Crippen LogP contribution in [0.4, 0.5) is 0 Å². The smallest absolute Gasteiger partial charge is 0.226 e. The summed E-state index contributed by atoms with van der Waals surface area (Å²) in [5.41, 5.74) is -0.674. The van der Waals surface area contributed by atoms with Gasteiger partial charge >= 0.3 is 0 Å². The normalized spacial score (nSPS) is 21.7. The first-order chi connectivity index (χ1) is 8.50. The molecule has 0 spiro atoms. The van der Waals surface area contributed by atoms with E-state index in [0.29, 0.717) is 12.4 Å². The summed E-state index contributed by atoms with van der Waals surface area (Å²) in [4.78, 5) is 6.63. The molecule has 0 aliphatic carbocycles. The van der Waals surface area contributed by atoms with E-state index in [0.717, 1.165) is 38.1 Å². The lowest BCUT2D eigenvalue weighted by Gasteiger charge is -2.33. The second-order valence-electron chi connectivity index (χ2n) is 5.64. The Hall–Kier alpha value is -0.940. The Labute approximate surface area is 108 Å². The van der Waals surface area contributed by atoms with Gasteiger partial charge in [0.05, 0.1) is 12.1 Å². The van der Waals surface area contributed by atoms with Gasteiger partial charge in [0.2, 0.25) is 5.89 Å². The highest BCUT2D eigenvalue weighted by Gasteiger charge is 2.36. The van der Waals surface area contributed by atoms with Crippen LogP contribution in [-0.2, 0) is 13.0 Å². The van der Waals surface area contributed by atoms with Crippen LogP contribution in [0, 0.1) is 0 Å². The molecule has 1 fully saturated rings. The average molecular weight is 253 g/mol. The molecule has 0 saturated carbocycles. The van der Waals surface area contributed by atoms with Crippen LogP contribution in [-0.4, -0.2) is 38.3 Å². The molecule has 0 radical (unpaired) electrons. The van der Waals surface area contributed by atoms with E-state index < -0.39 is 5.60 Å². The maximum atomic E-state index is 10.1. The molecule has 1 atom stereocenters. The van der Waals surface area contributed by atoms with Crippen LogP contribution < -0.4 is 0 Å².